The zero-order chi connectivity index (χ0) is 16.7. The van der Waals surface area contributed by atoms with Gasteiger partial charge >= 0.3 is 0 Å². The summed E-state index contributed by atoms with van der Waals surface area (Å²) in [5.41, 5.74) is 6.76. The number of nitrogens with zero attached hydrogens (tertiary/aromatic N) is 1. The highest BCUT2D eigenvalue weighted by molar-refractivity contribution is 6.38. The van der Waals surface area contributed by atoms with Crippen molar-refractivity contribution in [1.29, 1.82) is 0 Å². The molecule has 0 spiro atoms. The number of H-pyrrole nitrogens is 1. The van der Waals surface area contributed by atoms with E-state index in [1.165, 1.54) is 0 Å². The number of para-hydroxylation sites is 2. The molecule has 2 aromatic carbocycles. The number of aromatic nitrogens is 1. The fraction of sp³-hybridized carbons (Fsp3) is 0.0952. The van der Waals surface area contributed by atoms with Crippen LogP contribution in [0.2, 0.25) is 0 Å². The highest BCUT2D eigenvalue weighted by atomic mass is 16.2. The van der Waals surface area contributed by atoms with Gasteiger partial charge in [-0.3, -0.25) is 9.69 Å². The number of benzene rings is 2. The van der Waals surface area contributed by atoms with Gasteiger partial charge in [0, 0.05) is 22.6 Å². The van der Waals surface area contributed by atoms with E-state index in [1.54, 1.807) is 4.90 Å². The number of hydrogen-bond acceptors (Lipinski definition) is 1. The van der Waals surface area contributed by atoms with Gasteiger partial charge in [0.1, 0.15) is 0 Å². The second-order valence-corrected chi connectivity index (χ2v) is 6.08. The molecule has 0 fully saturated rings. The molecule has 1 aliphatic heterocycles. The second-order valence-electron chi connectivity index (χ2n) is 6.08. The van der Waals surface area contributed by atoms with E-state index in [1.807, 2.05) is 74.5 Å². The van der Waals surface area contributed by atoms with Gasteiger partial charge < -0.3 is 4.98 Å². The van der Waals surface area contributed by atoms with Gasteiger partial charge in [-0.1, -0.05) is 36.4 Å². The lowest BCUT2D eigenvalue weighted by Crippen LogP contribution is -2.20. The highest BCUT2D eigenvalue weighted by Gasteiger charge is 2.33. The van der Waals surface area contributed by atoms with Gasteiger partial charge in [-0.25, -0.2) is 0 Å². The lowest BCUT2D eigenvalue weighted by Gasteiger charge is -2.16. The zero-order valence-electron chi connectivity index (χ0n) is 13.7. The molecule has 1 aromatic heterocycles. The smallest absolute Gasteiger partial charge is 0.263 e. The van der Waals surface area contributed by atoms with Gasteiger partial charge in [0.2, 0.25) is 0 Å². The van der Waals surface area contributed by atoms with Crippen LogP contribution < -0.4 is 4.90 Å². The van der Waals surface area contributed by atoms with Gasteiger partial charge in [0.25, 0.3) is 5.91 Å². The molecule has 0 radical (unpaired) electrons. The number of carbonyl (C=O) groups is 1. The van der Waals surface area contributed by atoms with Crippen LogP contribution in [-0.4, -0.2) is 10.9 Å². The Hall–Kier alpha value is -3.07. The summed E-state index contributed by atoms with van der Waals surface area (Å²) in [5.74, 6) is 0.0145. The number of carbonyl (C=O) groups excluding carboxylic acids is 1. The van der Waals surface area contributed by atoms with Crippen LogP contribution in [0.1, 0.15) is 22.5 Å². The quantitative estimate of drug-likeness (QED) is 0.674. The van der Waals surface area contributed by atoms with Crippen molar-refractivity contribution >= 4 is 28.9 Å². The van der Waals surface area contributed by atoms with Crippen LogP contribution in [0.25, 0.3) is 11.6 Å². The molecule has 2 heterocycles. The topological polar surface area (TPSA) is 36.1 Å². The number of hydrogen-bond donors (Lipinski definition) is 1. The third kappa shape index (κ3) is 2.26. The average Bonchev–Trinajstić information content (AvgIpc) is 3.05. The summed E-state index contributed by atoms with van der Waals surface area (Å²) in [7, 11) is 0. The van der Waals surface area contributed by atoms with E-state index in [0.29, 0.717) is 0 Å². The van der Waals surface area contributed by atoms with Crippen molar-refractivity contribution in [1.82, 2.24) is 4.98 Å². The first-order valence-electron chi connectivity index (χ1n) is 8.02. The molecule has 3 heteroatoms. The Morgan fingerprint density at radius 3 is 2.38 bits per heavy atom. The minimum Gasteiger partial charge on any atom is -0.362 e. The van der Waals surface area contributed by atoms with E-state index < -0.39 is 0 Å². The lowest BCUT2D eigenvalue weighted by molar-refractivity contribution is -0.112. The lowest BCUT2D eigenvalue weighted by atomic mass is 10.0. The highest BCUT2D eigenvalue weighted by Crippen LogP contribution is 2.42. The molecule has 1 amide bonds. The van der Waals surface area contributed by atoms with Crippen LogP contribution in [0.3, 0.4) is 0 Å². The normalized spacial score (nSPS) is 15.2. The molecule has 1 N–H and O–H groups in total. The molecule has 24 heavy (non-hydrogen) atoms. The number of rotatable bonds is 2. The number of aromatic amines is 1. The SMILES string of the molecule is Cc1cc(C=C2C(=O)N(c3ccccc3)c3ccccc32)c(C)[nH]1. The van der Waals surface area contributed by atoms with Gasteiger partial charge in [0.15, 0.2) is 0 Å². The molecule has 118 valence electrons. The molecular formula is C21H18N2O. The summed E-state index contributed by atoms with van der Waals surface area (Å²) in [6.45, 7) is 4.05. The predicted molar refractivity (Wildman–Crippen MR) is 98.2 cm³/mol. The van der Waals surface area contributed by atoms with Crippen molar-refractivity contribution in [3.8, 4) is 0 Å². The van der Waals surface area contributed by atoms with E-state index in [0.717, 1.165) is 39.5 Å². The van der Waals surface area contributed by atoms with Gasteiger partial charge in [-0.15, -0.1) is 0 Å². The van der Waals surface area contributed by atoms with E-state index in [-0.39, 0.29) is 5.91 Å². The summed E-state index contributed by atoms with van der Waals surface area (Å²) < 4.78 is 0. The molecule has 3 aromatic rings. The maximum Gasteiger partial charge on any atom is 0.263 e. The van der Waals surface area contributed by atoms with Crippen molar-refractivity contribution in [2.24, 2.45) is 0 Å². The minimum atomic E-state index is 0.0145. The Labute approximate surface area is 141 Å². The summed E-state index contributed by atoms with van der Waals surface area (Å²) in [6, 6.07) is 19.8. The first-order valence-corrected chi connectivity index (χ1v) is 8.02. The van der Waals surface area contributed by atoms with Crippen LogP contribution in [0, 0.1) is 13.8 Å². The van der Waals surface area contributed by atoms with Crippen molar-refractivity contribution in [3.05, 3.63) is 83.2 Å². The molecule has 0 aliphatic carbocycles. The largest absolute Gasteiger partial charge is 0.362 e. The minimum absolute atomic E-state index is 0.0145. The number of nitrogens with one attached hydrogen (secondary N) is 1. The van der Waals surface area contributed by atoms with Crippen LogP contribution >= 0.6 is 0 Å². The Bertz CT molecular complexity index is 951. The van der Waals surface area contributed by atoms with Crippen LogP contribution in [-0.2, 0) is 4.79 Å². The summed E-state index contributed by atoms with van der Waals surface area (Å²) in [5, 5.41) is 0. The maximum atomic E-state index is 13.1. The molecule has 0 saturated heterocycles. The first-order chi connectivity index (χ1) is 11.6. The molecule has 1 aliphatic rings. The van der Waals surface area contributed by atoms with Crippen molar-refractivity contribution < 1.29 is 4.79 Å². The maximum absolute atomic E-state index is 13.1. The Balaban J connectivity index is 1.88. The van der Waals surface area contributed by atoms with Gasteiger partial charge in [0.05, 0.1) is 11.3 Å². The van der Waals surface area contributed by atoms with Crippen molar-refractivity contribution in [2.75, 3.05) is 4.90 Å². The molecule has 0 saturated carbocycles. The van der Waals surface area contributed by atoms with Gasteiger partial charge in [-0.2, -0.15) is 0 Å². The molecule has 3 nitrogen and oxygen atoms in total. The van der Waals surface area contributed by atoms with Crippen molar-refractivity contribution in [3.63, 3.8) is 0 Å². The molecule has 4 rings (SSSR count). The third-order valence-corrected chi connectivity index (χ3v) is 4.37. The summed E-state index contributed by atoms with van der Waals surface area (Å²) in [4.78, 5) is 18.2. The Morgan fingerprint density at radius 2 is 1.67 bits per heavy atom. The summed E-state index contributed by atoms with van der Waals surface area (Å²) >= 11 is 0. The Kier molecular flexibility index (Phi) is 3.35. The second kappa shape index (κ2) is 5.53. The molecule has 0 atom stereocenters. The average molecular weight is 314 g/mol. The predicted octanol–water partition coefficient (Wildman–Crippen LogP) is 4.85. The third-order valence-electron chi connectivity index (χ3n) is 4.37. The van der Waals surface area contributed by atoms with E-state index in [4.69, 9.17) is 0 Å². The van der Waals surface area contributed by atoms with E-state index >= 15 is 0 Å². The zero-order valence-corrected chi connectivity index (χ0v) is 13.7. The van der Waals surface area contributed by atoms with Crippen LogP contribution in [0.4, 0.5) is 11.4 Å². The summed E-state index contributed by atoms with van der Waals surface area (Å²) in [6.07, 6.45) is 1.99. The van der Waals surface area contributed by atoms with Crippen LogP contribution in [0.15, 0.2) is 60.7 Å². The first kappa shape index (κ1) is 14.5. The molecule has 0 unspecified atom stereocenters. The number of amides is 1. The Morgan fingerprint density at radius 1 is 0.958 bits per heavy atom. The number of aryl methyl sites for hydroxylation is 2. The number of fused-ring (bicyclic) bond motifs is 1. The monoisotopic (exact) mass is 314 g/mol. The fourth-order valence-electron chi connectivity index (χ4n) is 3.27. The van der Waals surface area contributed by atoms with E-state index in [2.05, 4.69) is 11.1 Å². The fourth-order valence-corrected chi connectivity index (χ4v) is 3.27. The molecular weight excluding hydrogens is 296 g/mol. The number of anilines is 2. The van der Waals surface area contributed by atoms with E-state index in [9.17, 15) is 4.79 Å². The van der Waals surface area contributed by atoms with Gasteiger partial charge in [-0.05, 0) is 49.8 Å². The standard InChI is InChI=1S/C21H18N2O/c1-14-12-16(15(2)22-14)13-19-18-10-6-7-11-20(18)23(21(19)24)17-8-4-3-5-9-17/h3-13,22H,1-2H3. The van der Waals surface area contributed by atoms with Crippen LogP contribution in [0.5, 0.6) is 0 Å². The van der Waals surface area contributed by atoms with Crippen molar-refractivity contribution in [2.45, 2.75) is 13.8 Å². The molecule has 0 bridgehead atoms.